The molecular weight excluding hydrogens is 312 g/mol. The minimum atomic E-state index is -0.0783. The molecule has 4 nitrogen and oxygen atoms in total. The quantitative estimate of drug-likeness (QED) is 0.931. The van der Waals surface area contributed by atoms with Gasteiger partial charge in [0.05, 0.1) is 18.3 Å². The first-order valence-corrected chi connectivity index (χ1v) is 8.97. The Bertz CT molecular complexity index is 818. The summed E-state index contributed by atoms with van der Waals surface area (Å²) in [6, 6.07) is 10.0. The minimum absolute atomic E-state index is 0.0309. The van der Waals surface area contributed by atoms with Crippen molar-refractivity contribution >= 4 is 5.91 Å². The van der Waals surface area contributed by atoms with Crippen LogP contribution in [0.2, 0.25) is 0 Å². The van der Waals surface area contributed by atoms with Crippen LogP contribution in [0.1, 0.15) is 48.2 Å². The fourth-order valence-electron chi connectivity index (χ4n) is 4.02. The van der Waals surface area contributed by atoms with Crippen molar-refractivity contribution in [1.82, 2.24) is 10.3 Å². The molecule has 25 heavy (non-hydrogen) atoms. The lowest BCUT2D eigenvalue weighted by molar-refractivity contribution is -0.123. The molecule has 1 amide bonds. The first-order valence-electron chi connectivity index (χ1n) is 8.97. The van der Waals surface area contributed by atoms with Crippen molar-refractivity contribution in [2.24, 2.45) is 5.92 Å². The number of benzene rings is 1. The molecule has 0 radical (unpaired) electrons. The van der Waals surface area contributed by atoms with Crippen LogP contribution in [0.3, 0.4) is 0 Å². The Morgan fingerprint density at radius 1 is 1.32 bits per heavy atom. The lowest BCUT2D eigenvalue weighted by Gasteiger charge is -2.28. The maximum atomic E-state index is 12.8. The van der Waals surface area contributed by atoms with Gasteiger partial charge < -0.3 is 10.1 Å². The molecule has 1 N–H and O–H groups in total. The average molecular weight is 336 g/mol. The van der Waals surface area contributed by atoms with Crippen molar-refractivity contribution in [2.75, 3.05) is 6.61 Å². The number of hydrogen-bond acceptors (Lipinski definition) is 3. The van der Waals surface area contributed by atoms with Gasteiger partial charge in [-0.15, -0.1) is 0 Å². The van der Waals surface area contributed by atoms with E-state index in [-0.39, 0.29) is 23.3 Å². The van der Waals surface area contributed by atoms with Crippen LogP contribution in [-0.4, -0.2) is 17.5 Å². The fraction of sp³-hybridized carbons (Fsp3) is 0.429. The molecule has 0 saturated heterocycles. The molecule has 2 heterocycles. The second-order valence-electron chi connectivity index (χ2n) is 7.43. The molecule has 1 aromatic carbocycles. The van der Waals surface area contributed by atoms with Crippen LogP contribution in [0.25, 0.3) is 0 Å². The molecule has 1 saturated carbocycles. The van der Waals surface area contributed by atoms with Gasteiger partial charge in [0.15, 0.2) is 0 Å². The number of aromatic nitrogens is 1. The van der Waals surface area contributed by atoms with Crippen LogP contribution in [0.15, 0.2) is 36.5 Å². The molecule has 0 bridgehead atoms. The number of rotatable bonds is 3. The first-order chi connectivity index (χ1) is 12.0. The van der Waals surface area contributed by atoms with Crippen LogP contribution in [0.5, 0.6) is 5.75 Å². The minimum Gasteiger partial charge on any atom is -0.493 e. The second-order valence-corrected chi connectivity index (χ2v) is 7.43. The van der Waals surface area contributed by atoms with Crippen molar-refractivity contribution in [3.05, 3.63) is 58.9 Å². The van der Waals surface area contributed by atoms with E-state index in [2.05, 4.69) is 36.3 Å². The third-order valence-corrected chi connectivity index (χ3v) is 5.82. The Morgan fingerprint density at radius 3 is 2.88 bits per heavy atom. The summed E-state index contributed by atoms with van der Waals surface area (Å²) in [5.41, 5.74) is 4.56. The van der Waals surface area contributed by atoms with Gasteiger partial charge >= 0.3 is 0 Å². The van der Waals surface area contributed by atoms with Gasteiger partial charge in [-0.05, 0) is 62.9 Å². The molecule has 1 spiro atoms. The maximum Gasteiger partial charge on any atom is 0.224 e. The SMILES string of the molecule is Cc1cc2c(cc1C)[C@]1(CCO2)C[C@H]1C(=O)N[C@@H](C)c1ccccn1. The third kappa shape index (κ3) is 2.70. The number of pyridine rings is 1. The van der Waals surface area contributed by atoms with Crippen molar-refractivity contribution in [3.63, 3.8) is 0 Å². The van der Waals surface area contributed by atoms with Gasteiger partial charge in [-0.3, -0.25) is 9.78 Å². The number of nitrogens with zero attached hydrogens (tertiary/aromatic N) is 1. The number of aryl methyl sites for hydroxylation is 2. The number of carbonyl (C=O) groups excluding carboxylic acids is 1. The summed E-state index contributed by atoms with van der Waals surface area (Å²) in [6.07, 6.45) is 3.58. The van der Waals surface area contributed by atoms with E-state index in [1.807, 2.05) is 25.1 Å². The predicted molar refractivity (Wildman–Crippen MR) is 96.6 cm³/mol. The van der Waals surface area contributed by atoms with E-state index < -0.39 is 0 Å². The molecule has 130 valence electrons. The van der Waals surface area contributed by atoms with Gasteiger partial charge in [0.1, 0.15) is 5.75 Å². The van der Waals surface area contributed by atoms with Gasteiger partial charge in [0.25, 0.3) is 0 Å². The predicted octanol–water partition coefficient (Wildman–Crippen LogP) is 3.62. The summed E-state index contributed by atoms with van der Waals surface area (Å²) in [5.74, 6) is 1.12. The van der Waals surface area contributed by atoms with Gasteiger partial charge in [0, 0.05) is 23.1 Å². The van der Waals surface area contributed by atoms with Gasteiger partial charge in [-0.25, -0.2) is 0 Å². The number of carbonyl (C=O) groups is 1. The zero-order chi connectivity index (χ0) is 17.6. The summed E-state index contributed by atoms with van der Waals surface area (Å²) in [4.78, 5) is 17.2. The van der Waals surface area contributed by atoms with E-state index >= 15 is 0 Å². The highest BCUT2D eigenvalue weighted by Gasteiger charge is 2.61. The van der Waals surface area contributed by atoms with E-state index in [1.165, 1.54) is 16.7 Å². The Hall–Kier alpha value is -2.36. The van der Waals surface area contributed by atoms with Crippen LogP contribution >= 0.6 is 0 Å². The van der Waals surface area contributed by atoms with E-state index in [1.54, 1.807) is 6.20 Å². The van der Waals surface area contributed by atoms with Gasteiger partial charge in [0.2, 0.25) is 5.91 Å². The van der Waals surface area contributed by atoms with E-state index in [0.29, 0.717) is 6.61 Å². The van der Waals surface area contributed by atoms with Crippen LogP contribution in [0, 0.1) is 19.8 Å². The van der Waals surface area contributed by atoms with Gasteiger partial charge in [-0.2, -0.15) is 0 Å². The summed E-state index contributed by atoms with van der Waals surface area (Å²) >= 11 is 0. The Labute approximate surface area is 148 Å². The fourth-order valence-corrected chi connectivity index (χ4v) is 4.02. The molecule has 1 aromatic heterocycles. The third-order valence-electron chi connectivity index (χ3n) is 5.82. The average Bonchev–Trinajstić information content (AvgIpc) is 3.33. The highest BCUT2D eigenvalue weighted by molar-refractivity contribution is 5.85. The maximum absolute atomic E-state index is 12.8. The number of fused-ring (bicyclic) bond motifs is 2. The molecule has 1 fully saturated rings. The highest BCUT2D eigenvalue weighted by Crippen LogP contribution is 2.61. The van der Waals surface area contributed by atoms with Crippen LogP contribution < -0.4 is 10.1 Å². The zero-order valence-corrected chi connectivity index (χ0v) is 15.0. The molecular formula is C21H24N2O2. The molecule has 4 rings (SSSR count). The smallest absolute Gasteiger partial charge is 0.224 e. The molecule has 2 aliphatic rings. The molecule has 2 aromatic rings. The van der Waals surface area contributed by atoms with Crippen molar-refractivity contribution in [3.8, 4) is 5.75 Å². The van der Waals surface area contributed by atoms with Crippen LogP contribution in [0.4, 0.5) is 0 Å². The lowest BCUT2D eigenvalue weighted by atomic mass is 9.85. The summed E-state index contributed by atoms with van der Waals surface area (Å²) < 4.78 is 5.87. The number of hydrogen-bond donors (Lipinski definition) is 1. The van der Waals surface area contributed by atoms with E-state index in [9.17, 15) is 4.79 Å². The van der Waals surface area contributed by atoms with E-state index in [0.717, 1.165) is 24.3 Å². The summed E-state index contributed by atoms with van der Waals surface area (Å²) in [7, 11) is 0. The highest BCUT2D eigenvalue weighted by atomic mass is 16.5. The van der Waals surface area contributed by atoms with Gasteiger partial charge in [-0.1, -0.05) is 12.1 Å². The normalized spacial score (nSPS) is 25.0. The first kappa shape index (κ1) is 16.1. The van der Waals surface area contributed by atoms with Crippen molar-refractivity contribution in [2.45, 2.75) is 45.1 Å². The standard InChI is InChI=1S/C21H24N2O2/c1-13-10-16-19(11-14(13)2)25-9-7-21(16)12-17(21)20(24)23-15(3)18-6-4-5-8-22-18/h4-6,8,10-11,15,17H,7,9,12H2,1-3H3,(H,23,24)/t15-,17-,21-/m0/s1. The Kier molecular flexibility index (Phi) is 3.78. The summed E-state index contributed by atoms with van der Waals surface area (Å²) in [6.45, 7) is 6.90. The molecule has 1 aliphatic carbocycles. The molecule has 4 heteroatoms. The Balaban J connectivity index is 1.54. The van der Waals surface area contributed by atoms with Crippen LogP contribution in [-0.2, 0) is 10.2 Å². The lowest BCUT2D eigenvalue weighted by Crippen LogP contribution is -2.33. The van der Waals surface area contributed by atoms with E-state index in [4.69, 9.17) is 4.74 Å². The number of ether oxygens (including phenoxy) is 1. The number of nitrogens with one attached hydrogen (secondary N) is 1. The Morgan fingerprint density at radius 2 is 2.12 bits per heavy atom. The zero-order valence-electron chi connectivity index (χ0n) is 15.0. The largest absolute Gasteiger partial charge is 0.493 e. The van der Waals surface area contributed by atoms with Crippen molar-refractivity contribution in [1.29, 1.82) is 0 Å². The molecule has 1 aliphatic heterocycles. The molecule has 0 unspecified atom stereocenters. The number of amides is 1. The summed E-state index contributed by atoms with van der Waals surface area (Å²) in [5, 5.41) is 3.14. The topological polar surface area (TPSA) is 51.2 Å². The second kappa shape index (κ2) is 5.87. The molecule has 3 atom stereocenters. The monoisotopic (exact) mass is 336 g/mol. The van der Waals surface area contributed by atoms with Crippen molar-refractivity contribution < 1.29 is 9.53 Å².